The molecule has 0 unspecified atom stereocenters. The van der Waals surface area contributed by atoms with Crippen LogP contribution < -0.4 is 10.6 Å². The molecule has 2 aromatic carbocycles. The number of phenols is 1. The standard InChI is InChI=1S/C18H15N3O5S/c19-27(24,25)14-8-5-12(6-9-14)17-10-7-13(26-17)11-20-21-18(23)15-3-1-2-4-16(15)22/h1-11,22H,(H,21,23)(H2,19,24,25). The number of hydrazone groups is 1. The highest BCUT2D eigenvalue weighted by molar-refractivity contribution is 7.89. The summed E-state index contributed by atoms with van der Waals surface area (Å²) in [6, 6.07) is 15.3. The van der Waals surface area contributed by atoms with Gasteiger partial charge in [-0.05, 0) is 48.5 Å². The number of carbonyl (C=O) groups excluding carboxylic acids is 1. The predicted molar refractivity (Wildman–Crippen MR) is 98.7 cm³/mol. The maximum absolute atomic E-state index is 11.9. The van der Waals surface area contributed by atoms with Crippen LogP contribution in [0.4, 0.5) is 0 Å². The second kappa shape index (κ2) is 7.44. The lowest BCUT2D eigenvalue weighted by Crippen LogP contribution is -2.17. The third-order valence-corrected chi connectivity index (χ3v) is 4.53. The van der Waals surface area contributed by atoms with Crippen molar-refractivity contribution in [2.75, 3.05) is 0 Å². The van der Waals surface area contributed by atoms with E-state index in [9.17, 15) is 18.3 Å². The maximum atomic E-state index is 11.9. The van der Waals surface area contributed by atoms with Gasteiger partial charge >= 0.3 is 0 Å². The van der Waals surface area contributed by atoms with Crippen LogP contribution in [0, 0.1) is 0 Å². The first kappa shape index (κ1) is 18.4. The first-order valence-corrected chi connectivity index (χ1v) is 9.24. The Balaban J connectivity index is 1.68. The van der Waals surface area contributed by atoms with Crippen LogP contribution in [-0.4, -0.2) is 25.6 Å². The van der Waals surface area contributed by atoms with Crippen molar-refractivity contribution in [1.82, 2.24) is 5.43 Å². The Kier molecular flexibility index (Phi) is 5.06. The van der Waals surface area contributed by atoms with Crippen molar-refractivity contribution in [2.45, 2.75) is 4.90 Å². The molecule has 3 rings (SSSR count). The highest BCUT2D eigenvalue weighted by atomic mass is 32.2. The quantitative estimate of drug-likeness (QED) is 0.456. The molecule has 0 saturated carbocycles. The Labute approximate surface area is 155 Å². The SMILES string of the molecule is NS(=O)(=O)c1ccc(-c2ccc(C=NNC(=O)c3ccccc3O)o2)cc1. The van der Waals surface area contributed by atoms with E-state index in [-0.39, 0.29) is 16.2 Å². The molecule has 3 aromatic rings. The zero-order valence-corrected chi connectivity index (χ0v) is 14.7. The van der Waals surface area contributed by atoms with E-state index in [0.29, 0.717) is 17.1 Å². The molecule has 1 amide bonds. The number of amides is 1. The summed E-state index contributed by atoms with van der Waals surface area (Å²) >= 11 is 0. The Morgan fingerprint density at radius 3 is 2.44 bits per heavy atom. The van der Waals surface area contributed by atoms with Gasteiger partial charge < -0.3 is 9.52 Å². The molecule has 0 radical (unpaired) electrons. The Bertz CT molecular complexity index is 1100. The first-order chi connectivity index (χ1) is 12.8. The van der Waals surface area contributed by atoms with E-state index >= 15 is 0 Å². The fourth-order valence-electron chi connectivity index (χ4n) is 2.27. The van der Waals surface area contributed by atoms with Crippen LogP contribution in [0.1, 0.15) is 16.1 Å². The minimum Gasteiger partial charge on any atom is -0.507 e. The third-order valence-electron chi connectivity index (χ3n) is 3.60. The van der Waals surface area contributed by atoms with Crippen molar-refractivity contribution in [1.29, 1.82) is 0 Å². The van der Waals surface area contributed by atoms with Crippen molar-refractivity contribution in [3.63, 3.8) is 0 Å². The topological polar surface area (TPSA) is 135 Å². The van der Waals surface area contributed by atoms with Crippen LogP contribution in [0.5, 0.6) is 5.75 Å². The third kappa shape index (κ3) is 4.40. The molecule has 0 aliphatic carbocycles. The number of hydrogen-bond donors (Lipinski definition) is 3. The molecule has 1 heterocycles. The number of nitrogens with one attached hydrogen (secondary N) is 1. The zero-order valence-electron chi connectivity index (χ0n) is 13.9. The molecule has 8 nitrogen and oxygen atoms in total. The summed E-state index contributed by atoms with van der Waals surface area (Å²) in [5, 5.41) is 18.5. The molecule has 0 bridgehead atoms. The van der Waals surface area contributed by atoms with E-state index in [1.165, 1.54) is 30.5 Å². The maximum Gasteiger partial charge on any atom is 0.275 e. The Morgan fingerprint density at radius 2 is 1.78 bits per heavy atom. The lowest BCUT2D eigenvalue weighted by Gasteiger charge is -2.01. The second-order valence-corrected chi connectivity index (χ2v) is 7.05. The lowest BCUT2D eigenvalue weighted by molar-refractivity contribution is 0.0952. The summed E-state index contributed by atoms with van der Waals surface area (Å²) in [5.41, 5.74) is 3.05. The van der Waals surface area contributed by atoms with E-state index in [2.05, 4.69) is 10.5 Å². The summed E-state index contributed by atoms with van der Waals surface area (Å²) in [7, 11) is -3.75. The number of primary sulfonamides is 1. The summed E-state index contributed by atoms with van der Waals surface area (Å²) in [6.45, 7) is 0. The number of hydrogen-bond acceptors (Lipinski definition) is 6. The number of nitrogens with zero attached hydrogens (tertiary/aromatic N) is 1. The van der Waals surface area contributed by atoms with Gasteiger partial charge in [0.05, 0.1) is 16.7 Å². The van der Waals surface area contributed by atoms with Gasteiger partial charge in [0.2, 0.25) is 10.0 Å². The van der Waals surface area contributed by atoms with Crippen LogP contribution in [0.2, 0.25) is 0 Å². The van der Waals surface area contributed by atoms with Gasteiger partial charge in [0.25, 0.3) is 5.91 Å². The number of aromatic hydroxyl groups is 1. The predicted octanol–water partition coefficient (Wildman–Crippen LogP) is 2.06. The fraction of sp³-hybridized carbons (Fsp3) is 0. The van der Waals surface area contributed by atoms with E-state index in [4.69, 9.17) is 9.56 Å². The molecule has 0 aliphatic heterocycles. The monoisotopic (exact) mass is 385 g/mol. The Morgan fingerprint density at radius 1 is 1.07 bits per heavy atom. The molecule has 27 heavy (non-hydrogen) atoms. The number of rotatable bonds is 5. The van der Waals surface area contributed by atoms with Gasteiger partial charge in [0.15, 0.2) is 0 Å². The van der Waals surface area contributed by atoms with Crippen molar-refractivity contribution >= 4 is 22.1 Å². The van der Waals surface area contributed by atoms with Gasteiger partial charge in [0, 0.05) is 5.56 Å². The van der Waals surface area contributed by atoms with Crippen LogP contribution in [0.15, 0.2) is 75.1 Å². The van der Waals surface area contributed by atoms with Crippen molar-refractivity contribution < 1.29 is 22.7 Å². The highest BCUT2D eigenvalue weighted by Gasteiger charge is 2.10. The smallest absolute Gasteiger partial charge is 0.275 e. The van der Waals surface area contributed by atoms with Gasteiger partial charge in [-0.3, -0.25) is 4.79 Å². The number of benzene rings is 2. The van der Waals surface area contributed by atoms with Crippen LogP contribution in [0.3, 0.4) is 0 Å². The van der Waals surface area contributed by atoms with Crippen molar-refractivity contribution in [3.8, 4) is 17.1 Å². The number of nitrogens with two attached hydrogens (primary N) is 1. The average Bonchev–Trinajstić information content (AvgIpc) is 3.10. The van der Waals surface area contributed by atoms with Crippen LogP contribution >= 0.6 is 0 Å². The molecule has 0 fully saturated rings. The first-order valence-electron chi connectivity index (χ1n) is 7.69. The number of sulfonamides is 1. The second-order valence-electron chi connectivity index (χ2n) is 5.49. The van der Waals surface area contributed by atoms with Crippen LogP contribution in [0.25, 0.3) is 11.3 Å². The molecule has 9 heteroatoms. The molecular weight excluding hydrogens is 370 g/mol. The lowest BCUT2D eigenvalue weighted by atomic mass is 10.2. The van der Waals surface area contributed by atoms with E-state index in [1.54, 1.807) is 36.4 Å². The summed E-state index contributed by atoms with van der Waals surface area (Å²) in [5.74, 6) is 0.158. The van der Waals surface area contributed by atoms with Crippen molar-refractivity contribution in [3.05, 3.63) is 72.0 Å². The molecule has 0 aliphatic rings. The number of furan rings is 1. The molecule has 0 atom stereocenters. The van der Waals surface area contributed by atoms with E-state index in [1.807, 2.05) is 0 Å². The van der Waals surface area contributed by atoms with Crippen molar-refractivity contribution in [2.24, 2.45) is 10.2 Å². The summed E-state index contributed by atoms with van der Waals surface area (Å²) in [4.78, 5) is 11.9. The largest absolute Gasteiger partial charge is 0.507 e. The normalized spacial score (nSPS) is 11.6. The molecule has 138 valence electrons. The van der Waals surface area contributed by atoms with Gasteiger partial charge in [-0.15, -0.1) is 0 Å². The van der Waals surface area contributed by atoms with Gasteiger partial charge in [-0.1, -0.05) is 12.1 Å². The number of para-hydroxylation sites is 1. The molecule has 4 N–H and O–H groups in total. The van der Waals surface area contributed by atoms with E-state index in [0.717, 1.165) is 0 Å². The summed E-state index contributed by atoms with van der Waals surface area (Å²) in [6.07, 6.45) is 1.31. The average molecular weight is 385 g/mol. The fourth-order valence-corrected chi connectivity index (χ4v) is 2.78. The van der Waals surface area contributed by atoms with Gasteiger partial charge in [-0.2, -0.15) is 5.10 Å². The minimum atomic E-state index is -3.75. The molecular formula is C18H15N3O5S. The Hall–Kier alpha value is -3.43. The zero-order chi connectivity index (χ0) is 19.4. The highest BCUT2D eigenvalue weighted by Crippen LogP contribution is 2.23. The molecule has 0 spiro atoms. The van der Waals surface area contributed by atoms with Crippen LogP contribution in [-0.2, 0) is 10.0 Å². The summed E-state index contributed by atoms with van der Waals surface area (Å²) < 4.78 is 28.1. The minimum absolute atomic E-state index is 0.00599. The molecule has 0 saturated heterocycles. The van der Waals surface area contributed by atoms with Gasteiger partial charge in [0.1, 0.15) is 17.3 Å². The number of carbonyl (C=O) groups is 1. The van der Waals surface area contributed by atoms with E-state index < -0.39 is 15.9 Å². The van der Waals surface area contributed by atoms with Gasteiger partial charge in [-0.25, -0.2) is 19.0 Å². The number of phenolic OH excluding ortho intramolecular Hbond substituents is 1. The molecule has 1 aromatic heterocycles.